The minimum Gasteiger partial charge on any atom is -0.444 e. The molecule has 4 heterocycles. The van der Waals surface area contributed by atoms with E-state index in [1.54, 1.807) is 21.7 Å². The second kappa shape index (κ2) is 12.8. The van der Waals surface area contributed by atoms with Gasteiger partial charge in [-0.25, -0.2) is 9.59 Å². The molecule has 1 aromatic rings. The quantitative estimate of drug-likeness (QED) is 0.346. The van der Waals surface area contributed by atoms with Crippen LogP contribution in [-0.2, 0) is 31.9 Å². The molecule has 47 heavy (non-hydrogen) atoms. The van der Waals surface area contributed by atoms with E-state index in [0.29, 0.717) is 31.5 Å². The Morgan fingerprint density at radius 1 is 1.00 bits per heavy atom. The number of urea groups is 1. The third kappa shape index (κ3) is 6.07. The standard InChI is InChI=1S/C36H51BN4O6/c1-35(2)26-18-29(35)36(3)30(19-26)46-37(47-36)31-16-10-8-6-5-7-9-13-17-39(4)33(43)41-23-27(20-28(41)32(42)38-31)45-34(44)40-21-24-14-11-12-15-25(24)22-40/h9,11-15,26-31H,5-8,10,16-23H2,1-4H3,(H,38,42)/t26-,27-,28+,29-,30?,31+,36-/m1/s1. The van der Waals surface area contributed by atoms with E-state index in [2.05, 4.69) is 32.2 Å². The van der Waals surface area contributed by atoms with Crippen LogP contribution >= 0.6 is 0 Å². The number of nitrogens with zero attached hydrogens (tertiary/aromatic N) is 3. The van der Waals surface area contributed by atoms with Crippen molar-refractivity contribution in [2.45, 2.75) is 121 Å². The molecule has 1 aromatic carbocycles. The van der Waals surface area contributed by atoms with Crippen molar-refractivity contribution in [1.82, 2.24) is 20.0 Å². The van der Waals surface area contributed by atoms with E-state index in [1.165, 1.54) is 0 Å². The van der Waals surface area contributed by atoms with E-state index in [9.17, 15) is 14.4 Å². The van der Waals surface area contributed by atoms with Gasteiger partial charge in [0.1, 0.15) is 12.1 Å². The number of ether oxygens (including phenoxy) is 1. The summed E-state index contributed by atoms with van der Waals surface area (Å²) in [6, 6.07) is 6.97. The lowest BCUT2D eigenvalue weighted by Crippen LogP contribution is -2.65. The third-order valence-corrected chi connectivity index (χ3v) is 12.3. The fourth-order valence-corrected chi connectivity index (χ4v) is 9.28. The SMILES string of the molecule is CN1CC=CCCCCCC[C@@H](B2OC3C[C@H]4C[C@H](C4(C)C)[C@@]3(C)O2)NC(=O)[C@@H]2C[C@@H](OC(=O)N3Cc4ccccc4C3)CN2C1=O. The Balaban J connectivity index is 1.08. The Morgan fingerprint density at radius 3 is 2.49 bits per heavy atom. The van der Waals surface area contributed by atoms with E-state index >= 15 is 0 Å². The molecule has 7 atom stereocenters. The Bertz CT molecular complexity index is 1380. The third-order valence-electron chi connectivity index (χ3n) is 12.3. The second-order valence-corrected chi connectivity index (χ2v) is 15.6. The molecule has 4 aliphatic heterocycles. The molecule has 2 saturated heterocycles. The summed E-state index contributed by atoms with van der Waals surface area (Å²) in [7, 11) is 1.22. The van der Waals surface area contributed by atoms with E-state index < -0.39 is 25.4 Å². The monoisotopic (exact) mass is 646 g/mol. The van der Waals surface area contributed by atoms with Crippen LogP contribution in [0.2, 0.25) is 0 Å². The second-order valence-electron chi connectivity index (χ2n) is 15.6. The summed E-state index contributed by atoms with van der Waals surface area (Å²) in [5.41, 5.74) is 2.07. The lowest BCUT2D eigenvalue weighted by molar-refractivity contribution is -0.199. The van der Waals surface area contributed by atoms with Gasteiger partial charge >= 0.3 is 19.2 Å². The van der Waals surface area contributed by atoms with E-state index in [4.69, 9.17) is 14.0 Å². The van der Waals surface area contributed by atoms with Crippen molar-refractivity contribution in [3.8, 4) is 0 Å². The van der Waals surface area contributed by atoms with Gasteiger partial charge in [-0.15, -0.1) is 0 Å². The first-order valence-electron chi connectivity index (χ1n) is 17.9. The molecular weight excluding hydrogens is 595 g/mol. The average Bonchev–Trinajstić information content (AvgIpc) is 3.76. The van der Waals surface area contributed by atoms with Gasteiger partial charge in [-0.1, -0.05) is 69.5 Å². The molecular formula is C36H51BN4O6. The van der Waals surface area contributed by atoms with Crippen LogP contribution in [0.5, 0.6) is 0 Å². The van der Waals surface area contributed by atoms with Crippen LogP contribution in [0, 0.1) is 17.3 Å². The average molecular weight is 647 g/mol. The van der Waals surface area contributed by atoms with Crippen LogP contribution < -0.4 is 5.32 Å². The molecule has 254 valence electrons. The van der Waals surface area contributed by atoms with Crippen LogP contribution in [0.4, 0.5) is 9.59 Å². The minimum atomic E-state index is -0.774. The maximum atomic E-state index is 14.2. The van der Waals surface area contributed by atoms with Crippen molar-refractivity contribution in [2.75, 3.05) is 20.1 Å². The number of carbonyl (C=O) groups is 3. The molecule has 1 N–H and O–H groups in total. The van der Waals surface area contributed by atoms with Crippen LogP contribution in [0.25, 0.3) is 0 Å². The molecule has 2 bridgehead atoms. The van der Waals surface area contributed by atoms with Crippen molar-refractivity contribution in [3.63, 3.8) is 0 Å². The van der Waals surface area contributed by atoms with Crippen LogP contribution in [-0.4, -0.2) is 89.8 Å². The van der Waals surface area contributed by atoms with Crippen molar-refractivity contribution in [2.24, 2.45) is 17.3 Å². The number of fused-ring (bicyclic) bond motifs is 2. The highest BCUT2D eigenvalue weighted by molar-refractivity contribution is 6.47. The Labute approximate surface area is 279 Å². The first kappa shape index (κ1) is 32.5. The number of hydrogen-bond acceptors (Lipinski definition) is 6. The fourth-order valence-electron chi connectivity index (χ4n) is 9.28. The molecule has 8 rings (SSSR count). The van der Waals surface area contributed by atoms with E-state index in [-0.39, 0.29) is 48.0 Å². The molecule has 7 aliphatic rings. The van der Waals surface area contributed by atoms with Crippen molar-refractivity contribution in [1.29, 1.82) is 0 Å². The Morgan fingerprint density at radius 2 is 1.74 bits per heavy atom. The first-order chi connectivity index (χ1) is 22.5. The van der Waals surface area contributed by atoms with Crippen molar-refractivity contribution in [3.05, 3.63) is 47.5 Å². The molecule has 11 heteroatoms. The summed E-state index contributed by atoms with van der Waals surface area (Å²) in [5, 5.41) is 3.30. The van der Waals surface area contributed by atoms with Crippen molar-refractivity contribution >= 4 is 25.1 Å². The summed E-state index contributed by atoms with van der Waals surface area (Å²) in [6.45, 7) is 8.50. The number of carbonyl (C=O) groups excluding carboxylic acids is 3. The maximum Gasteiger partial charge on any atom is 0.481 e. The zero-order chi connectivity index (χ0) is 32.9. The lowest BCUT2D eigenvalue weighted by Gasteiger charge is -2.64. The van der Waals surface area contributed by atoms with Gasteiger partial charge < -0.3 is 29.2 Å². The molecule has 3 aliphatic carbocycles. The molecule has 3 saturated carbocycles. The van der Waals surface area contributed by atoms with Crippen LogP contribution in [0.15, 0.2) is 36.4 Å². The van der Waals surface area contributed by atoms with Gasteiger partial charge in [-0.2, -0.15) is 0 Å². The molecule has 4 amide bonds. The van der Waals surface area contributed by atoms with E-state index in [1.807, 2.05) is 30.3 Å². The smallest absolute Gasteiger partial charge is 0.444 e. The molecule has 0 radical (unpaired) electrons. The maximum absolute atomic E-state index is 14.2. The fraction of sp³-hybridized carbons (Fsp3) is 0.694. The molecule has 0 aromatic heterocycles. The summed E-state index contributed by atoms with van der Waals surface area (Å²) < 4.78 is 19.5. The van der Waals surface area contributed by atoms with Crippen LogP contribution in [0.3, 0.4) is 0 Å². The zero-order valence-electron chi connectivity index (χ0n) is 28.5. The molecule has 1 unspecified atom stereocenters. The largest absolute Gasteiger partial charge is 0.481 e. The van der Waals surface area contributed by atoms with Gasteiger partial charge in [0, 0.05) is 33.1 Å². The Hall–Kier alpha value is -3.05. The highest BCUT2D eigenvalue weighted by Gasteiger charge is 2.68. The number of hydrogen-bond donors (Lipinski definition) is 1. The topological polar surface area (TPSA) is 101 Å². The van der Waals surface area contributed by atoms with Gasteiger partial charge in [0.05, 0.1) is 24.2 Å². The number of likely N-dealkylation sites (N-methyl/N-ethyl adjacent to an activating group) is 1. The number of rotatable bonds is 2. The number of allylic oxidation sites excluding steroid dienone is 1. The van der Waals surface area contributed by atoms with Gasteiger partial charge in [0.15, 0.2) is 0 Å². The van der Waals surface area contributed by atoms with Gasteiger partial charge in [0.2, 0.25) is 5.91 Å². The summed E-state index contributed by atoms with van der Waals surface area (Å²) in [4.78, 5) is 46.2. The Kier molecular flexibility index (Phi) is 8.83. The normalized spacial score (nSPS) is 35.6. The predicted octanol–water partition coefficient (Wildman–Crippen LogP) is 5.30. The summed E-state index contributed by atoms with van der Waals surface area (Å²) >= 11 is 0. The predicted molar refractivity (Wildman–Crippen MR) is 178 cm³/mol. The van der Waals surface area contributed by atoms with Crippen LogP contribution in [0.1, 0.15) is 89.7 Å². The highest BCUT2D eigenvalue weighted by Crippen LogP contribution is 2.65. The number of benzene rings is 1. The van der Waals surface area contributed by atoms with Gasteiger partial charge in [-0.05, 0) is 67.4 Å². The summed E-state index contributed by atoms with van der Waals surface area (Å²) in [5.74, 6) is 0.481. The van der Waals surface area contributed by atoms with Crippen molar-refractivity contribution < 1.29 is 28.4 Å². The van der Waals surface area contributed by atoms with Gasteiger partial charge in [0.25, 0.3) is 0 Å². The minimum absolute atomic E-state index is 0.0204. The first-order valence-corrected chi connectivity index (χ1v) is 17.9. The summed E-state index contributed by atoms with van der Waals surface area (Å²) in [6.07, 6.45) is 11.5. The van der Waals surface area contributed by atoms with E-state index in [0.717, 1.165) is 62.5 Å². The highest BCUT2D eigenvalue weighted by atomic mass is 16.7. The van der Waals surface area contributed by atoms with Gasteiger partial charge in [-0.3, -0.25) is 9.69 Å². The lowest BCUT2D eigenvalue weighted by atomic mass is 9.43. The zero-order valence-corrected chi connectivity index (χ0v) is 28.5. The number of amides is 4. The molecule has 0 spiro atoms. The molecule has 5 fully saturated rings. The number of nitrogens with one attached hydrogen (secondary N) is 1. The molecule has 10 nitrogen and oxygen atoms in total.